The average Bonchev–Trinajstić information content (AvgIpc) is 2.20. The van der Waals surface area contributed by atoms with E-state index in [1.54, 1.807) is 0 Å². The lowest BCUT2D eigenvalue weighted by molar-refractivity contribution is -0.115. The highest BCUT2D eigenvalue weighted by Gasteiger charge is 2.24. The first-order valence-corrected chi connectivity index (χ1v) is 8.14. The molecule has 1 atom stereocenters. The SMILES string of the molecule is Cc1cc(C)c(NC(=O)C(C)S(C)(=O)=O)c(Br)c1. The predicted molar refractivity (Wildman–Crippen MR) is 76.6 cm³/mol. The van der Waals surface area contributed by atoms with Crippen LogP contribution in [-0.4, -0.2) is 25.8 Å². The normalized spacial score (nSPS) is 13.2. The maximum absolute atomic E-state index is 11.8. The monoisotopic (exact) mass is 333 g/mol. The molecule has 1 amide bonds. The van der Waals surface area contributed by atoms with Crippen LogP contribution in [0.1, 0.15) is 18.1 Å². The molecular weight excluding hydrogens is 318 g/mol. The number of anilines is 1. The molecule has 0 radical (unpaired) electrons. The van der Waals surface area contributed by atoms with E-state index in [4.69, 9.17) is 0 Å². The van der Waals surface area contributed by atoms with Crippen molar-refractivity contribution in [3.05, 3.63) is 27.7 Å². The second-order valence-corrected chi connectivity index (χ2v) is 7.62. The molecule has 100 valence electrons. The van der Waals surface area contributed by atoms with Crippen LogP contribution in [0.25, 0.3) is 0 Å². The van der Waals surface area contributed by atoms with E-state index in [0.717, 1.165) is 21.9 Å². The molecule has 0 aliphatic rings. The van der Waals surface area contributed by atoms with E-state index >= 15 is 0 Å². The Morgan fingerprint density at radius 2 is 1.89 bits per heavy atom. The van der Waals surface area contributed by atoms with Crippen LogP contribution < -0.4 is 5.32 Å². The Kier molecular flexibility index (Phi) is 4.55. The summed E-state index contributed by atoms with van der Waals surface area (Å²) in [5.41, 5.74) is 2.56. The summed E-state index contributed by atoms with van der Waals surface area (Å²) in [4.78, 5) is 11.8. The van der Waals surface area contributed by atoms with E-state index in [9.17, 15) is 13.2 Å². The molecule has 0 fully saturated rings. The van der Waals surface area contributed by atoms with Gasteiger partial charge in [0.2, 0.25) is 5.91 Å². The van der Waals surface area contributed by atoms with Crippen LogP contribution in [0.15, 0.2) is 16.6 Å². The molecule has 0 heterocycles. The van der Waals surface area contributed by atoms with Crippen LogP contribution >= 0.6 is 15.9 Å². The second kappa shape index (κ2) is 5.40. The third kappa shape index (κ3) is 3.55. The van der Waals surface area contributed by atoms with Crippen molar-refractivity contribution in [1.82, 2.24) is 0 Å². The molecule has 4 nitrogen and oxygen atoms in total. The Morgan fingerprint density at radius 1 is 1.33 bits per heavy atom. The van der Waals surface area contributed by atoms with E-state index < -0.39 is 21.0 Å². The fourth-order valence-electron chi connectivity index (χ4n) is 1.49. The number of carbonyl (C=O) groups excluding carboxylic acids is 1. The van der Waals surface area contributed by atoms with Gasteiger partial charge in [0.25, 0.3) is 0 Å². The van der Waals surface area contributed by atoms with Crippen LogP contribution in [-0.2, 0) is 14.6 Å². The lowest BCUT2D eigenvalue weighted by atomic mass is 10.1. The van der Waals surface area contributed by atoms with Crippen LogP contribution in [0, 0.1) is 13.8 Å². The first-order chi connectivity index (χ1) is 8.12. The Balaban J connectivity index is 3.03. The zero-order valence-corrected chi connectivity index (χ0v) is 13.1. The molecule has 1 aromatic rings. The molecule has 1 unspecified atom stereocenters. The van der Waals surface area contributed by atoms with Crippen molar-refractivity contribution >= 4 is 37.4 Å². The molecule has 0 aliphatic heterocycles. The number of aryl methyl sites for hydroxylation is 2. The highest BCUT2D eigenvalue weighted by Crippen LogP contribution is 2.28. The van der Waals surface area contributed by atoms with Gasteiger partial charge in [-0.25, -0.2) is 8.42 Å². The van der Waals surface area contributed by atoms with Gasteiger partial charge in [-0.2, -0.15) is 0 Å². The first-order valence-electron chi connectivity index (χ1n) is 5.39. The average molecular weight is 334 g/mol. The van der Waals surface area contributed by atoms with Crippen LogP contribution in [0.3, 0.4) is 0 Å². The van der Waals surface area contributed by atoms with E-state index in [0.29, 0.717) is 5.69 Å². The van der Waals surface area contributed by atoms with Gasteiger partial charge >= 0.3 is 0 Å². The summed E-state index contributed by atoms with van der Waals surface area (Å²) in [6, 6.07) is 3.79. The van der Waals surface area contributed by atoms with Gasteiger partial charge in [-0.15, -0.1) is 0 Å². The number of hydrogen-bond acceptors (Lipinski definition) is 3. The molecule has 0 aromatic heterocycles. The number of sulfone groups is 1. The Hall–Kier alpha value is -0.880. The minimum atomic E-state index is -3.38. The molecule has 6 heteroatoms. The molecule has 0 aliphatic carbocycles. The second-order valence-electron chi connectivity index (χ2n) is 4.40. The summed E-state index contributed by atoms with van der Waals surface area (Å²) >= 11 is 3.36. The van der Waals surface area contributed by atoms with Crippen LogP contribution in [0.4, 0.5) is 5.69 Å². The summed E-state index contributed by atoms with van der Waals surface area (Å²) in [7, 11) is -3.38. The third-order valence-electron chi connectivity index (χ3n) is 2.69. The quantitative estimate of drug-likeness (QED) is 0.923. The predicted octanol–water partition coefficient (Wildman–Crippen LogP) is 2.44. The molecule has 0 bridgehead atoms. The molecule has 0 saturated heterocycles. The number of halogens is 1. The van der Waals surface area contributed by atoms with Crippen molar-refractivity contribution in [3.63, 3.8) is 0 Å². The summed E-state index contributed by atoms with van der Waals surface area (Å²) in [5, 5.41) is 1.58. The topological polar surface area (TPSA) is 63.2 Å². The maximum atomic E-state index is 11.8. The number of amides is 1. The molecule has 18 heavy (non-hydrogen) atoms. The van der Waals surface area contributed by atoms with Gasteiger partial charge in [0.15, 0.2) is 9.84 Å². The van der Waals surface area contributed by atoms with E-state index in [-0.39, 0.29) is 0 Å². The lowest BCUT2D eigenvalue weighted by Gasteiger charge is -2.14. The summed E-state index contributed by atoms with van der Waals surface area (Å²) in [5.74, 6) is -0.523. The van der Waals surface area contributed by atoms with Crippen molar-refractivity contribution in [2.75, 3.05) is 11.6 Å². The van der Waals surface area contributed by atoms with Gasteiger partial charge in [0.05, 0.1) is 5.69 Å². The Morgan fingerprint density at radius 3 is 2.33 bits per heavy atom. The fourth-order valence-corrected chi connectivity index (χ4v) is 2.71. The maximum Gasteiger partial charge on any atom is 0.242 e. The molecule has 0 spiro atoms. The van der Waals surface area contributed by atoms with E-state index in [1.807, 2.05) is 26.0 Å². The standard InChI is InChI=1S/C12H16BrNO3S/c1-7-5-8(2)11(10(13)6-7)14-12(15)9(3)18(4,16)17/h5-6,9H,1-4H3,(H,14,15). The van der Waals surface area contributed by atoms with Crippen LogP contribution in [0.5, 0.6) is 0 Å². The number of rotatable bonds is 3. The van der Waals surface area contributed by atoms with Crippen molar-refractivity contribution in [1.29, 1.82) is 0 Å². The van der Waals surface area contributed by atoms with Gasteiger partial charge in [-0.1, -0.05) is 6.07 Å². The number of carbonyl (C=O) groups is 1. The highest BCUT2D eigenvalue weighted by molar-refractivity contribution is 9.10. The number of hydrogen-bond donors (Lipinski definition) is 1. The fraction of sp³-hybridized carbons (Fsp3) is 0.417. The number of benzene rings is 1. The van der Waals surface area contributed by atoms with Gasteiger partial charge in [-0.05, 0) is 53.9 Å². The molecule has 1 rings (SSSR count). The van der Waals surface area contributed by atoms with Crippen molar-refractivity contribution < 1.29 is 13.2 Å². The molecule has 1 aromatic carbocycles. The van der Waals surface area contributed by atoms with Gasteiger partial charge in [-0.3, -0.25) is 4.79 Å². The zero-order chi connectivity index (χ0) is 14.1. The molecule has 1 N–H and O–H groups in total. The van der Waals surface area contributed by atoms with Gasteiger partial charge < -0.3 is 5.32 Å². The summed E-state index contributed by atoms with van der Waals surface area (Å²) in [6.07, 6.45) is 1.05. The molecular formula is C12H16BrNO3S. The Labute approximate surface area is 116 Å². The lowest BCUT2D eigenvalue weighted by Crippen LogP contribution is -2.32. The van der Waals surface area contributed by atoms with Crippen molar-refractivity contribution in [3.8, 4) is 0 Å². The van der Waals surface area contributed by atoms with Gasteiger partial charge in [0.1, 0.15) is 5.25 Å². The van der Waals surface area contributed by atoms with E-state index in [2.05, 4.69) is 21.2 Å². The zero-order valence-electron chi connectivity index (χ0n) is 10.7. The first kappa shape index (κ1) is 15.2. The van der Waals surface area contributed by atoms with Crippen LogP contribution in [0.2, 0.25) is 0 Å². The van der Waals surface area contributed by atoms with Gasteiger partial charge in [0, 0.05) is 10.7 Å². The summed E-state index contributed by atoms with van der Waals surface area (Å²) in [6.45, 7) is 5.18. The molecule has 0 saturated carbocycles. The smallest absolute Gasteiger partial charge is 0.242 e. The summed E-state index contributed by atoms with van der Waals surface area (Å²) < 4.78 is 23.4. The minimum absolute atomic E-state index is 0.523. The van der Waals surface area contributed by atoms with Crippen molar-refractivity contribution in [2.24, 2.45) is 0 Å². The highest BCUT2D eigenvalue weighted by atomic mass is 79.9. The van der Waals surface area contributed by atoms with Crippen molar-refractivity contribution in [2.45, 2.75) is 26.0 Å². The van der Waals surface area contributed by atoms with E-state index in [1.165, 1.54) is 6.92 Å². The largest absolute Gasteiger partial charge is 0.324 e. The number of nitrogens with one attached hydrogen (secondary N) is 1. The third-order valence-corrected chi connectivity index (χ3v) is 4.82. The Bertz CT molecular complexity index is 558. The minimum Gasteiger partial charge on any atom is -0.324 e.